The van der Waals surface area contributed by atoms with Crippen LogP contribution >= 0.6 is 0 Å². The van der Waals surface area contributed by atoms with Crippen LogP contribution in [0, 0.1) is 5.92 Å². The van der Waals surface area contributed by atoms with Gasteiger partial charge < -0.3 is 15.3 Å². The number of unbranched alkanes of at least 4 members (excludes halogenated alkanes) is 2. The van der Waals surface area contributed by atoms with Gasteiger partial charge in [-0.1, -0.05) is 43.6 Å². The first-order valence-corrected chi connectivity index (χ1v) is 9.41. The highest BCUT2D eigenvalue weighted by Crippen LogP contribution is 2.48. The van der Waals surface area contributed by atoms with E-state index < -0.39 is 5.97 Å². The largest absolute Gasteiger partial charge is 0.507 e. The molecule has 4 nitrogen and oxygen atoms in total. The number of carboxylic acid groups (broad SMARTS) is 1. The lowest BCUT2D eigenvalue weighted by molar-refractivity contribution is 0.0692. The number of hydrogen-bond acceptors (Lipinski definition) is 3. The number of carbonyl (C=O) groups is 1. The topological polar surface area (TPSA) is 77.8 Å². The van der Waals surface area contributed by atoms with Crippen LogP contribution in [0.3, 0.4) is 0 Å². The van der Waals surface area contributed by atoms with E-state index >= 15 is 0 Å². The molecule has 4 heteroatoms. The molecule has 1 aromatic rings. The van der Waals surface area contributed by atoms with Crippen LogP contribution in [-0.2, 0) is 6.42 Å². The maximum atomic E-state index is 11.8. The first-order chi connectivity index (χ1) is 12.3. The summed E-state index contributed by atoms with van der Waals surface area (Å²) in [5.74, 6) is -1.67. The minimum absolute atomic E-state index is 0.0267. The van der Waals surface area contributed by atoms with Gasteiger partial charge >= 0.3 is 5.97 Å². The monoisotopic (exact) mass is 358 g/mol. The quantitative estimate of drug-likeness (QED) is 0.441. The fourth-order valence-corrected chi connectivity index (χ4v) is 3.96. The Labute approximate surface area is 155 Å². The normalized spacial score (nSPS) is 19.9. The van der Waals surface area contributed by atoms with Crippen molar-refractivity contribution in [1.82, 2.24) is 0 Å². The minimum Gasteiger partial charge on any atom is -0.507 e. The van der Waals surface area contributed by atoms with Crippen LogP contribution in [0.2, 0.25) is 0 Å². The van der Waals surface area contributed by atoms with E-state index in [1.165, 1.54) is 11.6 Å². The second-order valence-corrected chi connectivity index (χ2v) is 7.48. The number of phenolic OH excluding ortho intramolecular Hbond substituents is 1. The molecule has 1 aliphatic carbocycles. The number of carboxylic acids is 1. The third kappa shape index (κ3) is 4.12. The number of aryl methyl sites for hydroxylation is 1. The number of benzene rings is 1. The molecule has 0 saturated heterocycles. The predicted molar refractivity (Wildman–Crippen MR) is 104 cm³/mol. The molecule has 2 rings (SSSR count). The number of rotatable bonds is 7. The summed E-state index contributed by atoms with van der Waals surface area (Å²) >= 11 is 0. The lowest BCUT2D eigenvalue weighted by Crippen LogP contribution is -2.18. The third-order valence-corrected chi connectivity index (χ3v) is 5.38. The fraction of sp³-hybridized carbons (Fsp3) is 0.500. The highest BCUT2D eigenvalue weighted by molar-refractivity contribution is 5.94. The zero-order valence-electron chi connectivity index (χ0n) is 16.0. The van der Waals surface area contributed by atoms with Crippen molar-refractivity contribution in [3.05, 3.63) is 46.6 Å². The van der Waals surface area contributed by atoms with E-state index in [2.05, 4.69) is 13.5 Å². The lowest BCUT2D eigenvalue weighted by atomic mass is 9.73. The van der Waals surface area contributed by atoms with Crippen LogP contribution in [-0.4, -0.2) is 21.3 Å². The molecule has 0 bridgehead atoms. The second-order valence-electron chi connectivity index (χ2n) is 7.48. The Morgan fingerprint density at radius 1 is 1.31 bits per heavy atom. The summed E-state index contributed by atoms with van der Waals surface area (Å²) in [6, 6.07) is 1.53. The van der Waals surface area contributed by atoms with Crippen LogP contribution in [0.15, 0.2) is 29.9 Å². The average molecular weight is 358 g/mol. The number of phenols is 2. The standard InChI is InChI=1S/C22H30O4/c1-5-6-7-8-15-12-18(23)20(21(24)19(15)22(25)26)17-11-14(4)9-10-16(17)13(2)3/h11-12,16-17,23-24H,2,5-10H2,1,3-4H3,(H,25,26). The molecule has 26 heavy (non-hydrogen) atoms. The maximum Gasteiger partial charge on any atom is 0.339 e. The van der Waals surface area contributed by atoms with E-state index in [1.54, 1.807) is 0 Å². The van der Waals surface area contributed by atoms with Gasteiger partial charge in [-0.2, -0.15) is 0 Å². The maximum absolute atomic E-state index is 11.8. The lowest BCUT2D eigenvalue weighted by Gasteiger charge is -2.32. The molecular weight excluding hydrogens is 328 g/mol. The Kier molecular flexibility index (Phi) is 6.52. The van der Waals surface area contributed by atoms with Gasteiger partial charge in [0, 0.05) is 11.5 Å². The predicted octanol–water partition coefficient (Wildman–Crippen LogP) is 5.54. The minimum atomic E-state index is -1.15. The smallest absolute Gasteiger partial charge is 0.339 e. The summed E-state index contributed by atoms with van der Waals surface area (Å²) < 4.78 is 0. The van der Waals surface area contributed by atoms with E-state index in [0.29, 0.717) is 17.5 Å². The molecule has 2 unspecified atom stereocenters. The van der Waals surface area contributed by atoms with Crippen molar-refractivity contribution in [1.29, 1.82) is 0 Å². The summed E-state index contributed by atoms with van der Waals surface area (Å²) in [6.45, 7) is 10.1. The number of aromatic carboxylic acids is 1. The molecule has 0 aliphatic heterocycles. The first-order valence-electron chi connectivity index (χ1n) is 9.41. The van der Waals surface area contributed by atoms with Crippen molar-refractivity contribution in [3.63, 3.8) is 0 Å². The van der Waals surface area contributed by atoms with Gasteiger partial charge in [0.15, 0.2) is 0 Å². The zero-order chi connectivity index (χ0) is 19.4. The van der Waals surface area contributed by atoms with Crippen molar-refractivity contribution in [3.8, 4) is 11.5 Å². The van der Waals surface area contributed by atoms with E-state index in [-0.39, 0.29) is 28.9 Å². The molecule has 0 fully saturated rings. The molecule has 1 aromatic carbocycles. The van der Waals surface area contributed by atoms with Gasteiger partial charge in [0.1, 0.15) is 17.1 Å². The van der Waals surface area contributed by atoms with E-state index in [1.807, 2.05) is 19.9 Å². The highest BCUT2D eigenvalue weighted by atomic mass is 16.4. The van der Waals surface area contributed by atoms with Crippen molar-refractivity contribution in [2.45, 2.75) is 65.2 Å². The fourth-order valence-electron chi connectivity index (χ4n) is 3.96. The van der Waals surface area contributed by atoms with E-state index in [9.17, 15) is 20.1 Å². The van der Waals surface area contributed by atoms with Gasteiger partial charge in [-0.3, -0.25) is 0 Å². The molecule has 0 amide bonds. The average Bonchev–Trinajstić information content (AvgIpc) is 2.54. The van der Waals surface area contributed by atoms with Gasteiger partial charge in [0.25, 0.3) is 0 Å². The summed E-state index contributed by atoms with van der Waals surface area (Å²) in [7, 11) is 0. The number of hydrogen-bond donors (Lipinski definition) is 3. The van der Waals surface area contributed by atoms with Crippen molar-refractivity contribution in [2.24, 2.45) is 5.92 Å². The number of allylic oxidation sites excluding steroid dienone is 3. The molecule has 1 aliphatic rings. The molecule has 0 aromatic heterocycles. The van der Waals surface area contributed by atoms with Crippen molar-refractivity contribution < 1.29 is 20.1 Å². The molecule has 0 saturated carbocycles. The van der Waals surface area contributed by atoms with Gasteiger partial charge in [-0.25, -0.2) is 4.79 Å². The summed E-state index contributed by atoms with van der Waals surface area (Å²) in [4.78, 5) is 11.8. The second kappa shape index (κ2) is 8.43. The van der Waals surface area contributed by atoms with Crippen LogP contribution < -0.4 is 0 Å². The highest BCUT2D eigenvalue weighted by Gasteiger charge is 2.32. The Bertz CT molecular complexity index is 730. The van der Waals surface area contributed by atoms with Crippen molar-refractivity contribution >= 4 is 5.97 Å². The third-order valence-electron chi connectivity index (χ3n) is 5.38. The zero-order valence-corrected chi connectivity index (χ0v) is 16.0. The molecule has 0 radical (unpaired) electrons. The molecular formula is C22H30O4. The van der Waals surface area contributed by atoms with Crippen LogP contribution in [0.5, 0.6) is 11.5 Å². The molecule has 142 valence electrons. The van der Waals surface area contributed by atoms with E-state index in [4.69, 9.17) is 0 Å². The molecule has 3 N–H and O–H groups in total. The molecule has 0 heterocycles. The van der Waals surface area contributed by atoms with Crippen LogP contribution in [0.4, 0.5) is 0 Å². The van der Waals surface area contributed by atoms with Gasteiger partial charge in [0.2, 0.25) is 0 Å². The first kappa shape index (κ1) is 20.1. The summed E-state index contributed by atoms with van der Waals surface area (Å²) in [5.41, 5.74) is 2.88. The Morgan fingerprint density at radius 3 is 2.58 bits per heavy atom. The van der Waals surface area contributed by atoms with Crippen LogP contribution in [0.25, 0.3) is 0 Å². The van der Waals surface area contributed by atoms with Crippen LogP contribution in [0.1, 0.15) is 80.3 Å². The van der Waals surface area contributed by atoms with Gasteiger partial charge in [-0.15, -0.1) is 0 Å². The molecule has 0 spiro atoms. The van der Waals surface area contributed by atoms with Crippen molar-refractivity contribution in [2.75, 3.05) is 0 Å². The summed E-state index contributed by atoms with van der Waals surface area (Å²) in [6.07, 6.45) is 7.19. The molecule has 2 atom stereocenters. The Hall–Kier alpha value is -2.23. The summed E-state index contributed by atoms with van der Waals surface area (Å²) in [5, 5.41) is 31.1. The Morgan fingerprint density at radius 2 is 2.00 bits per heavy atom. The number of aromatic hydroxyl groups is 2. The van der Waals surface area contributed by atoms with E-state index in [0.717, 1.165) is 37.7 Å². The Balaban J connectivity index is 2.58. The van der Waals surface area contributed by atoms with Gasteiger partial charge in [0.05, 0.1) is 0 Å². The van der Waals surface area contributed by atoms with Gasteiger partial charge in [-0.05, 0) is 57.1 Å². The SMILES string of the molecule is C=C(C)C1CCC(C)=CC1c1c(O)cc(CCCCC)c(C(=O)O)c1O.